The van der Waals surface area contributed by atoms with Crippen LogP contribution in [0.4, 0.5) is 22.0 Å². The third kappa shape index (κ3) is 7.78. The summed E-state index contributed by atoms with van der Waals surface area (Å²) < 4.78 is 70.9. The van der Waals surface area contributed by atoms with Gasteiger partial charge >= 0.3 is 5.97 Å². The van der Waals surface area contributed by atoms with Crippen molar-refractivity contribution < 1.29 is 31.9 Å². The Hall–Kier alpha value is -2.44. The molecule has 2 aromatic carbocycles. The lowest BCUT2D eigenvalue weighted by atomic mass is 9.77. The number of halogens is 5. The zero-order chi connectivity index (χ0) is 26.9. The summed E-state index contributed by atoms with van der Waals surface area (Å²) in [6, 6.07) is 2.12. The predicted octanol–water partition coefficient (Wildman–Crippen LogP) is 9.63. The van der Waals surface area contributed by atoms with E-state index in [4.69, 9.17) is 0 Å². The van der Waals surface area contributed by atoms with E-state index in [0.29, 0.717) is 30.4 Å². The number of carboxylic acids is 1. The minimum absolute atomic E-state index is 0.0927. The molecule has 0 spiro atoms. The molecular formula is C30H37F5O2. The summed E-state index contributed by atoms with van der Waals surface area (Å²) in [7, 11) is 0. The first-order chi connectivity index (χ1) is 17.7. The van der Waals surface area contributed by atoms with Crippen molar-refractivity contribution in [2.24, 2.45) is 11.8 Å². The van der Waals surface area contributed by atoms with Crippen LogP contribution in [0.15, 0.2) is 18.2 Å². The van der Waals surface area contributed by atoms with Crippen molar-refractivity contribution in [1.82, 2.24) is 0 Å². The molecule has 3 rings (SSSR count). The highest BCUT2D eigenvalue weighted by atomic mass is 19.2. The number of hydrogen-bond acceptors (Lipinski definition) is 1. The number of rotatable bonds is 13. The van der Waals surface area contributed by atoms with Crippen molar-refractivity contribution in [3.05, 3.63) is 58.4 Å². The quantitative estimate of drug-likeness (QED) is 0.161. The molecule has 0 atom stereocenters. The van der Waals surface area contributed by atoms with Crippen LogP contribution in [0.25, 0.3) is 11.1 Å². The molecule has 1 N–H and O–H groups in total. The Kier molecular flexibility index (Phi) is 11.0. The van der Waals surface area contributed by atoms with Crippen LogP contribution in [0, 0.1) is 40.9 Å². The second-order valence-corrected chi connectivity index (χ2v) is 10.5. The first-order valence-electron chi connectivity index (χ1n) is 13.6. The van der Waals surface area contributed by atoms with Gasteiger partial charge in [-0.25, -0.2) is 26.7 Å². The number of carboxylic acid groups (broad SMARTS) is 1. The van der Waals surface area contributed by atoms with Crippen molar-refractivity contribution in [1.29, 1.82) is 0 Å². The molecule has 0 bridgehead atoms. The maximum absolute atomic E-state index is 15.2. The van der Waals surface area contributed by atoms with Gasteiger partial charge in [0.05, 0.1) is 0 Å². The molecule has 1 saturated carbocycles. The van der Waals surface area contributed by atoms with Gasteiger partial charge in [0.2, 0.25) is 0 Å². The van der Waals surface area contributed by atoms with Crippen LogP contribution in [0.1, 0.15) is 106 Å². The van der Waals surface area contributed by atoms with Crippen molar-refractivity contribution in [2.75, 3.05) is 0 Å². The van der Waals surface area contributed by atoms with Crippen molar-refractivity contribution in [2.45, 2.75) is 96.8 Å². The minimum atomic E-state index is -1.76. The molecule has 1 aliphatic rings. The maximum atomic E-state index is 15.2. The van der Waals surface area contributed by atoms with Gasteiger partial charge in [-0.15, -0.1) is 0 Å². The maximum Gasteiger partial charge on any atom is 0.341 e. The highest BCUT2D eigenvalue weighted by Crippen LogP contribution is 2.37. The summed E-state index contributed by atoms with van der Waals surface area (Å²) in [5, 5.41) is 9.30. The minimum Gasteiger partial charge on any atom is -0.477 e. The summed E-state index contributed by atoms with van der Waals surface area (Å²) in [6.07, 6.45) is 15.0. The topological polar surface area (TPSA) is 37.3 Å². The van der Waals surface area contributed by atoms with Crippen LogP contribution in [0.5, 0.6) is 0 Å². The van der Waals surface area contributed by atoms with Gasteiger partial charge in [-0.3, -0.25) is 0 Å². The van der Waals surface area contributed by atoms with Crippen LogP contribution in [0.3, 0.4) is 0 Å². The van der Waals surface area contributed by atoms with Gasteiger partial charge in [0.1, 0.15) is 17.2 Å². The molecule has 1 aliphatic carbocycles. The summed E-state index contributed by atoms with van der Waals surface area (Å²) in [5.41, 5.74) is -1.61. The lowest BCUT2D eigenvalue weighted by Crippen LogP contribution is -2.16. The van der Waals surface area contributed by atoms with Gasteiger partial charge in [-0.2, -0.15) is 0 Å². The van der Waals surface area contributed by atoms with Crippen molar-refractivity contribution in [3.8, 4) is 11.1 Å². The Morgan fingerprint density at radius 3 is 1.86 bits per heavy atom. The fraction of sp³-hybridized carbons (Fsp3) is 0.567. The predicted molar refractivity (Wildman–Crippen MR) is 135 cm³/mol. The Morgan fingerprint density at radius 1 is 0.757 bits per heavy atom. The highest BCUT2D eigenvalue weighted by molar-refractivity contribution is 5.90. The number of hydrogen-bond donors (Lipinski definition) is 1. The molecule has 0 amide bonds. The van der Waals surface area contributed by atoms with E-state index in [1.54, 1.807) is 0 Å². The lowest BCUT2D eigenvalue weighted by molar-refractivity contribution is 0.0686. The summed E-state index contributed by atoms with van der Waals surface area (Å²) in [5.74, 6) is -8.01. The first kappa shape index (κ1) is 29.1. The van der Waals surface area contributed by atoms with E-state index in [1.807, 2.05) is 0 Å². The van der Waals surface area contributed by atoms with Gasteiger partial charge in [0, 0.05) is 0 Å². The van der Waals surface area contributed by atoms with Gasteiger partial charge in [-0.05, 0) is 59.6 Å². The molecule has 0 heterocycles. The van der Waals surface area contributed by atoms with E-state index in [0.717, 1.165) is 31.7 Å². The summed E-state index contributed by atoms with van der Waals surface area (Å²) in [6.45, 7) is 2.21. The largest absolute Gasteiger partial charge is 0.477 e. The third-order valence-corrected chi connectivity index (χ3v) is 7.81. The van der Waals surface area contributed by atoms with Crippen LogP contribution in [0.2, 0.25) is 0 Å². The molecule has 204 valence electrons. The average molecular weight is 525 g/mol. The van der Waals surface area contributed by atoms with E-state index in [-0.39, 0.29) is 23.1 Å². The Bertz CT molecular complexity index is 1040. The Morgan fingerprint density at radius 2 is 1.30 bits per heavy atom. The zero-order valence-electron chi connectivity index (χ0n) is 21.5. The van der Waals surface area contributed by atoms with Gasteiger partial charge in [-0.1, -0.05) is 84.0 Å². The number of aromatic carboxylic acids is 1. The SMILES string of the molecule is CCCCCCCCCC1CCC(CCc2c(-c3cc(F)c(F)c(F)c3)cc(F)c(C(=O)O)c2F)CC1. The molecule has 0 radical (unpaired) electrons. The smallest absolute Gasteiger partial charge is 0.341 e. The van der Waals surface area contributed by atoms with Crippen LogP contribution in [-0.4, -0.2) is 11.1 Å². The molecule has 0 unspecified atom stereocenters. The van der Waals surface area contributed by atoms with Crippen LogP contribution >= 0.6 is 0 Å². The van der Waals surface area contributed by atoms with E-state index in [9.17, 15) is 27.5 Å². The molecule has 2 nitrogen and oxygen atoms in total. The van der Waals surface area contributed by atoms with E-state index in [1.165, 1.54) is 51.4 Å². The fourth-order valence-corrected chi connectivity index (χ4v) is 5.62. The van der Waals surface area contributed by atoms with E-state index in [2.05, 4.69) is 6.92 Å². The third-order valence-electron chi connectivity index (χ3n) is 7.81. The molecular weight excluding hydrogens is 487 g/mol. The van der Waals surface area contributed by atoms with E-state index < -0.39 is 40.6 Å². The van der Waals surface area contributed by atoms with Gasteiger partial charge < -0.3 is 5.11 Å². The monoisotopic (exact) mass is 524 g/mol. The Labute approximate surface area is 216 Å². The number of benzene rings is 2. The van der Waals surface area contributed by atoms with Gasteiger partial charge in [0.15, 0.2) is 17.5 Å². The van der Waals surface area contributed by atoms with Crippen LogP contribution in [-0.2, 0) is 6.42 Å². The normalized spacial score (nSPS) is 17.8. The average Bonchev–Trinajstić information content (AvgIpc) is 2.86. The molecule has 0 aliphatic heterocycles. The van der Waals surface area contributed by atoms with Gasteiger partial charge in [0.25, 0.3) is 0 Å². The second kappa shape index (κ2) is 13.9. The van der Waals surface area contributed by atoms with Crippen molar-refractivity contribution >= 4 is 5.97 Å². The lowest BCUT2D eigenvalue weighted by Gasteiger charge is -2.29. The number of unbranched alkanes of at least 4 members (excludes halogenated alkanes) is 6. The molecule has 0 saturated heterocycles. The summed E-state index contributed by atoms with van der Waals surface area (Å²) in [4.78, 5) is 11.5. The second-order valence-electron chi connectivity index (χ2n) is 10.5. The Balaban J connectivity index is 1.64. The molecule has 0 aromatic heterocycles. The van der Waals surface area contributed by atoms with E-state index >= 15 is 4.39 Å². The first-order valence-corrected chi connectivity index (χ1v) is 13.6. The molecule has 1 fully saturated rings. The number of carbonyl (C=O) groups is 1. The zero-order valence-corrected chi connectivity index (χ0v) is 21.5. The molecule has 2 aromatic rings. The summed E-state index contributed by atoms with van der Waals surface area (Å²) >= 11 is 0. The van der Waals surface area contributed by atoms with Crippen molar-refractivity contribution in [3.63, 3.8) is 0 Å². The highest BCUT2D eigenvalue weighted by Gasteiger charge is 2.27. The fourth-order valence-electron chi connectivity index (χ4n) is 5.62. The standard InChI is InChI=1S/C30H37F5O2/c1-2-3-4-5-6-7-8-9-19-10-12-20(13-11-19)14-15-22-23(18-24(31)27(28(22)34)30(36)37)21-16-25(32)29(35)26(33)17-21/h16-20H,2-15H2,1H3,(H,36,37). The molecule has 37 heavy (non-hydrogen) atoms. The molecule has 7 heteroatoms. The van der Waals surface area contributed by atoms with Crippen LogP contribution < -0.4 is 0 Å².